The third kappa shape index (κ3) is 4.75. The number of hydrogen-bond acceptors (Lipinski definition) is 5. The second kappa shape index (κ2) is 8.70. The molecule has 0 aliphatic heterocycles. The van der Waals surface area contributed by atoms with Gasteiger partial charge in [-0.25, -0.2) is 4.52 Å². The molecular formula is C21H15BrF3N5O3. The number of rotatable bonds is 5. The Labute approximate surface area is 192 Å². The van der Waals surface area contributed by atoms with Gasteiger partial charge in [-0.1, -0.05) is 27.2 Å². The second-order valence-electron chi connectivity index (χ2n) is 7.05. The number of hydrogen-bond donors (Lipinski definition) is 2. The van der Waals surface area contributed by atoms with Crippen LogP contribution < -0.4 is 10.6 Å². The van der Waals surface area contributed by atoms with Crippen LogP contribution in [0.2, 0.25) is 0 Å². The van der Waals surface area contributed by atoms with E-state index in [9.17, 15) is 22.8 Å². The minimum absolute atomic E-state index is 0.0667. The molecule has 4 aromatic rings. The zero-order chi connectivity index (χ0) is 23.8. The third-order valence-corrected chi connectivity index (χ3v) is 5.44. The van der Waals surface area contributed by atoms with E-state index in [1.165, 1.54) is 24.4 Å². The molecule has 170 valence electrons. The van der Waals surface area contributed by atoms with Gasteiger partial charge in [0.05, 0.1) is 28.9 Å². The molecule has 0 bridgehead atoms. The van der Waals surface area contributed by atoms with Crippen molar-refractivity contribution in [1.82, 2.24) is 20.1 Å². The van der Waals surface area contributed by atoms with Crippen molar-refractivity contribution in [3.63, 3.8) is 0 Å². The maximum atomic E-state index is 13.1. The molecule has 0 aliphatic rings. The van der Waals surface area contributed by atoms with Gasteiger partial charge in [0.15, 0.2) is 0 Å². The number of fused-ring (bicyclic) bond motifs is 1. The lowest BCUT2D eigenvalue weighted by atomic mass is 10.2. The number of aromatic nitrogens is 3. The monoisotopic (exact) mass is 521 g/mol. The molecule has 1 aromatic carbocycles. The Morgan fingerprint density at radius 1 is 1.15 bits per heavy atom. The van der Waals surface area contributed by atoms with Crippen molar-refractivity contribution in [1.29, 1.82) is 0 Å². The highest BCUT2D eigenvalue weighted by Gasteiger charge is 2.33. The molecule has 2 N–H and O–H groups in total. The van der Waals surface area contributed by atoms with Crippen molar-refractivity contribution in [2.75, 3.05) is 5.32 Å². The molecule has 0 radical (unpaired) electrons. The van der Waals surface area contributed by atoms with E-state index in [0.29, 0.717) is 11.1 Å². The van der Waals surface area contributed by atoms with Gasteiger partial charge < -0.3 is 15.2 Å². The largest absolute Gasteiger partial charge is 0.417 e. The first-order chi connectivity index (χ1) is 15.6. The van der Waals surface area contributed by atoms with Crippen LogP contribution in [-0.4, -0.2) is 26.6 Å². The summed E-state index contributed by atoms with van der Waals surface area (Å²) in [6.45, 7) is 1.65. The Bertz CT molecular complexity index is 1350. The molecule has 3 aromatic heterocycles. The zero-order valence-corrected chi connectivity index (χ0v) is 18.4. The lowest BCUT2D eigenvalue weighted by Gasteiger charge is -2.11. The summed E-state index contributed by atoms with van der Waals surface area (Å²) in [6.07, 6.45) is -1.44. The van der Waals surface area contributed by atoms with E-state index in [4.69, 9.17) is 4.52 Å². The average molecular weight is 522 g/mol. The lowest BCUT2D eigenvalue weighted by Crippen LogP contribution is -2.26. The number of carbonyl (C=O) groups is 2. The highest BCUT2D eigenvalue weighted by molar-refractivity contribution is 9.10. The summed E-state index contributed by atoms with van der Waals surface area (Å²) >= 11 is 2.84. The SMILES string of the molecule is CC(NC(=O)c1cnn2ccccc12)c1cc(C(=O)Nc2ccc(Br)c(C(F)(F)F)c2)on1. The van der Waals surface area contributed by atoms with E-state index in [1.54, 1.807) is 35.8 Å². The van der Waals surface area contributed by atoms with Crippen LogP contribution in [0.15, 0.2) is 63.9 Å². The molecule has 33 heavy (non-hydrogen) atoms. The second-order valence-corrected chi connectivity index (χ2v) is 7.90. The molecule has 3 heterocycles. The minimum Gasteiger partial charge on any atom is -0.351 e. The molecule has 4 rings (SSSR count). The van der Waals surface area contributed by atoms with E-state index in [-0.39, 0.29) is 21.6 Å². The van der Waals surface area contributed by atoms with E-state index in [1.807, 2.05) is 0 Å². The molecule has 0 aliphatic carbocycles. The fraction of sp³-hybridized carbons (Fsp3) is 0.143. The van der Waals surface area contributed by atoms with Crippen LogP contribution in [0.3, 0.4) is 0 Å². The van der Waals surface area contributed by atoms with Crippen LogP contribution >= 0.6 is 15.9 Å². The van der Waals surface area contributed by atoms with E-state index in [2.05, 4.69) is 36.8 Å². The van der Waals surface area contributed by atoms with Crippen molar-refractivity contribution < 1.29 is 27.3 Å². The lowest BCUT2D eigenvalue weighted by molar-refractivity contribution is -0.138. The van der Waals surface area contributed by atoms with Crippen molar-refractivity contribution in [2.45, 2.75) is 19.1 Å². The number of nitrogens with one attached hydrogen (secondary N) is 2. The standard InChI is InChI=1S/C21H15BrF3N5O3/c1-11(27-19(31)13-10-26-30-7-3-2-4-17(13)30)16-9-18(33-29-16)20(32)28-12-5-6-15(22)14(8-12)21(23,24)25/h2-11H,1H3,(H,27,31)(H,28,32). The van der Waals surface area contributed by atoms with Crippen molar-refractivity contribution >= 4 is 38.9 Å². The number of anilines is 1. The van der Waals surface area contributed by atoms with Crippen LogP contribution in [0, 0.1) is 0 Å². The van der Waals surface area contributed by atoms with Crippen LogP contribution in [0.4, 0.5) is 18.9 Å². The third-order valence-electron chi connectivity index (χ3n) is 4.74. The van der Waals surface area contributed by atoms with Gasteiger partial charge in [0, 0.05) is 22.4 Å². The smallest absolute Gasteiger partial charge is 0.351 e. The average Bonchev–Trinajstić information content (AvgIpc) is 3.42. The van der Waals surface area contributed by atoms with Crippen molar-refractivity contribution in [3.05, 3.63) is 81.9 Å². The highest BCUT2D eigenvalue weighted by Crippen LogP contribution is 2.36. The van der Waals surface area contributed by atoms with Gasteiger partial charge in [0.1, 0.15) is 5.69 Å². The Hall–Kier alpha value is -3.67. The number of halogens is 4. The Morgan fingerprint density at radius 3 is 2.70 bits per heavy atom. The summed E-state index contributed by atoms with van der Waals surface area (Å²) in [7, 11) is 0. The molecule has 0 saturated carbocycles. The summed E-state index contributed by atoms with van der Waals surface area (Å²) < 4.78 is 45.6. The Morgan fingerprint density at radius 2 is 1.94 bits per heavy atom. The number of pyridine rings is 1. The predicted molar refractivity (Wildman–Crippen MR) is 115 cm³/mol. The van der Waals surface area contributed by atoms with Crippen molar-refractivity contribution in [2.24, 2.45) is 0 Å². The first-order valence-electron chi connectivity index (χ1n) is 9.51. The van der Waals surface area contributed by atoms with E-state index < -0.39 is 29.6 Å². The maximum Gasteiger partial charge on any atom is 0.417 e. The molecule has 8 nitrogen and oxygen atoms in total. The Kier molecular flexibility index (Phi) is 5.93. The summed E-state index contributed by atoms with van der Waals surface area (Å²) in [6, 6.07) is 9.30. The summed E-state index contributed by atoms with van der Waals surface area (Å²) in [5.41, 5.74) is 0.247. The predicted octanol–water partition coefficient (Wildman–Crippen LogP) is 4.85. The fourth-order valence-electron chi connectivity index (χ4n) is 3.07. The van der Waals surface area contributed by atoms with Gasteiger partial charge in [-0.2, -0.15) is 18.3 Å². The zero-order valence-electron chi connectivity index (χ0n) is 16.9. The van der Waals surface area contributed by atoms with Crippen LogP contribution in [0.1, 0.15) is 45.1 Å². The maximum absolute atomic E-state index is 13.1. The van der Waals surface area contributed by atoms with Gasteiger partial charge in [-0.05, 0) is 37.3 Å². The summed E-state index contributed by atoms with van der Waals surface area (Å²) in [4.78, 5) is 25.0. The number of alkyl halides is 3. The Balaban J connectivity index is 1.45. The molecule has 1 unspecified atom stereocenters. The van der Waals surface area contributed by atoms with Gasteiger partial charge in [0.25, 0.3) is 11.8 Å². The summed E-state index contributed by atoms with van der Waals surface area (Å²) in [5.74, 6) is -1.41. The molecule has 0 spiro atoms. The van der Waals surface area contributed by atoms with Gasteiger partial charge in [-0.3, -0.25) is 9.59 Å². The normalized spacial score (nSPS) is 12.5. The van der Waals surface area contributed by atoms with Gasteiger partial charge >= 0.3 is 6.18 Å². The first kappa shape index (κ1) is 22.5. The number of benzene rings is 1. The molecule has 0 fully saturated rings. The van der Waals surface area contributed by atoms with Crippen molar-refractivity contribution in [3.8, 4) is 0 Å². The van der Waals surface area contributed by atoms with E-state index in [0.717, 1.165) is 6.07 Å². The molecular weight excluding hydrogens is 507 g/mol. The molecule has 0 saturated heterocycles. The first-order valence-corrected chi connectivity index (χ1v) is 10.3. The van der Waals surface area contributed by atoms with Crippen LogP contribution in [0.5, 0.6) is 0 Å². The van der Waals surface area contributed by atoms with Gasteiger partial charge in [0.2, 0.25) is 5.76 Å². The minimum atomic E-state index is -4.59. The quantitative estimate of drug-likeness (QED) is 0.391. The summed E-state index contributed by atoms with van der Waals surface area (Å²) in [5, 5.41) is 13.0. The topological polar surface area (TPSA) is 102 Å². The van der Waals surface area contributed by atoms with Crippen LogP contribution in [0.25, 0.3) is 5.52 Å². The van der Waals surface area contributed by atoms with Gasteiger partial charge in [-0.15, -0.1) is 0 Å². The molecule has 12 heteroatoms. The molecule has 2 amide bonds. The number of nitrogens with zero attached hydrogens (tertiary/aromatic N) is 3. The molecule has 1 atom stereocenters. The number of amides is 2. The number of carbonyl (C=O) groups excluding carboxylic acids is 2. The van der Waals surface area contributed by atoms with Crippen LogP contribution in [-0.2, 0) is 6.18 Å². The highest BCUT2D eigenvalue weighted by atomic mass is 79.9. The van der Waals surface area contributed by atoms with E-state index >= 15 is 0 Å². The fourth-order valence-corrected chi connectivity index (χ4v) is 3.54.